The Labute approximate surface area is 147 Å². The van der Waals surface area contributed by atoms with Crippen LogP contribution in [0.25, 0.3) is 0 Å². The number of rotatable bonds is 5. The largest absolute Gasteiger partial charge is 0.481 e. The molecule has 0 heterocycles. The number of carboxylic acids is 1. The monoisotopic (exact) mass is 343 g/mol. The Morgan fingerprint density at radius 1 is 1.08 bits per heavy atom. The average molecular weight is 344 g/mol. The number of carboxylic acid groups (broad SMARTS) is 1. The molecule has 0 bridgehead atoms. The van der Waals surface area contributed by atoms with Crippen molar-refractivity contribution < 1.29 is 9.90 Å². The van der Waals surface area contributed by atoms with Gasteiger partial charge in [-0.25, -0.2) is 0 Å². The lowest BCUT2D eigenvalue weighted by Crippen LogP contribution is -2.05. The number of halogens is 1. The Balaban J connectivity index is 1.79. The van der Waals surface area contributed by atoms with Crippen LogP contribution in [0.3, 0.4) is 0 Å². The van der Waals surface area contributed by atoms with E-state index in [2.05, 4.69) is 17.4 Å². The van der Waals surface area contributed by atoms with Crippen LogP contribution in [0.2, 0.25) is 5.02 Å². The molecule has 1 aliphatic rings. The lowest BCUT2D eigenvalue weighted by molar-refractivity contribution is -0.136. The molecule has 1 aliphatic carbocycles. The van der Waals surface area contributed by atoms with Crippen molar-refractivity contribution >= 4 is 28.9 Å². The minimum Gasteiger partial charge on any atom is -0.481 e. The van der Waals surface area contributed by atoms with Gasteiger partial charge in [-0.15, -0.1) is 0 Å². The van der Waals surface area contributed by atoms with E-state index in [-0.39, 0.29) is 6.42 Å². The maximum absolute atomic E-state index is 11.0. The van der Waals surface area contributed by atoms with E-state index < -0.39 is 5.97 Å². The normalized spacial score (nSPS) is 15.2. The molecule has 0 radical (unpaired) electrons. The fourth-order valence-corrected chi connectivity index (χ4v) is 3.66. The number of benzene rings is 2. The number of aliphatic carboxylic acids is 1. The van der Waals surface area contributed by atoms with E-state index in [1.165, 1.54) is 37.7 Å². The summed E-state index contributed by atoms with van der Waals surface area (Å²) in [7, 11) is 0. The fourth-order valence-electron chi connectivity index (χ4n) is 3.43. The summed E-state index contributed by atoms with van der Waals surface area (Å²) in [6, 6.07) is 13.6. The van der Waals surface area contributed by atoms with E-state index in [1.54, 1.807) is 0 Å². The van der Waals surface area contributed by atoms with Crippen LogP contribution < -0.4 is 5.32 Å². The molecular weight excluding hydrogens is 322 g/mol. The van der Waals surface area contributed by atoms with Gasteiger partial charge < -0.3 is 10.4 Å². The molecule has 0 aromatic heterocycles. The Morgan fingerprint density at radius 2 is 1.83 bits per heavy atom. The standard InChI is InChI=1S/C20H22ClNO2/c21-17-12-15(14-6-2-1-3-7-14)10-11-19(17)22-18-9-5-4-8-16(18)13-20(23)24/h4-5,8-12,14,22H,1-3,6-7,13H2,(H,23,24). The first-order chi connectivity index (χ1) is 11.6. The van der Waals surface area contributed by atoms with Gasteiger partial charge in [0, 0.05) is 5.69 Å². The van der Waals surface area contributed by atoms with Gasteiger partial charge >= 0.3 is 5.97 Å². The molecule has 0 spiro atoms. The summed E-state index contributed by atoms with van der Waals surface area (Å²) in [5.74, 6) is -0.229. The van der Waals surface area contributed by atoms with Gasteiger partial charge in [-0.05, 0) is 48.1 Å². The molecule has 0 saturated heterocycles. The Kier molecular flexibility index (Phi) is 5.41. The van der Waals surface area contributed by atoms with E-state index in [0.717, 1.165) is 16.9 Å². The highest BCUT2D eigenvalue weighted by atomic mass is 35.5. The summed E-state index contributed by atoms with van der Waals surface area (Å²) < 4.78 is 0. The van der Waals surface area contributed by atoms with E-state index in [9.17, 15) is 4.79 Å². The highest BCUT2D eigenvalue weighted by Crippen LogP contribution is 2.36. The smallest absolute Gasteiger partial charge is 0.307 e. The molecule has 1 fully saturated rings. The van der Waals surface area contributed by atoms with E-state index >= 15 is 0 Å². The number of carbonyl (C=O) groups is 1. The molecule has 126 valence electrons. The van der Waals surface area contributed by atoms with Crippen molar-refractivity contribution in [3.63, 3.8) is 0 Å². The number of hydrogen-bond acceptors (Lipinski definition) is 2. The van der Waals surface area contributed by atoms with Crippen molar-refractivity contribution in [3.8, 4) is 0 Å². The maximum atomic E-state index is 11.0. The van der Waals surface area contributed by atoms with Crippen LogP contribution in [0, 0.1) is 0 Å². The first-order valence-electron chi connectivity index (χ1n) is 8.49. The third-order valence-electron chi connectivity index (χ3n) is 4.70. The zero-order valence-corrected chi connectivity index (χ0v) is 14.4. The molecule has 2 aromatic rings. The molecule has 2 N–H and O–H groups in total. The fraction of sp³-hybridized carbons (Fsp3) is 0.350. The molecule has 0 unspecified atom stereocenters. The van der Waals surface area contributed by atoms with E-state index in [4.69, 9.17) is 16.7 Å². The van der Waals surface area contributed by atoms with E-state index in [1.807, 2.05) is 30.3 Å². The quantitative estimate of drug-likeness (QED) is 0.725. The van der Waals surface area contributed by atoms with Crippen LogP contribution in [0.1, 0.15) is 49.1 Å². The van der Waals surface area contributed by atoms with Crippen LogP contribution in [0.15, 0.2) is 42.5 Å². The zero-order valence-electron chi connectivity index (χ0n) is 13.6. The topological polar surface area (TPSA) is 49.3 Å². The van der Waals surface area contributed by atoms with Crippen LogP contribution >= 0.6 is 11.6 Å². The second kappa shape index (κ2) is 7.71. The van der Waals surface area contributed by atoms with Crippen LogP contribution in [-0.2, 0) is 11.2 Å². The van der Waals surface area contributed by atoms with Gasteiger partial charge in [0.15, 0.2) is 0 Å². The molecule has 3 rings (SSSR count). The predicted molar refractivity (Wildman–Crippen MR) is 98.3 cm³/mol. The van der Waals surface area contributed by atoms with Gasteiger partial charge in [0.2, 0.25) is 0 Å². The molecular formula is C20H22ClNO2. The van der Waals surface area contributed by atoms with Crippen molar-refractivity contribution in [2.45, 2.75) is 44.4 Å². The van der Waals surface area contributed by atoms with Crippen molar-refractivity contribution in [1.82, 2.24) is 0 Å². The second-order valence-electron chi connectivity index (χ2n) is 6.43. The van der Waals surface area contributed by atoms with Crippen LogP contribution in [0.4, 0.5) is 11.4 Å². The molecule has 24 heavy (non-hydrogen) atoms. The lowest BCUT2D eigenvalue weighted by Gasteiger charge is -2.22. The maximum Gasteiger partial charge on any atom is 0.307 e. The summed E-state index contributed by atoms with van der Waals surface area (Å²) >= 11 is 6.48. The third-order valence-corrected chi connectivity index (χ3v) is 5.01. The minimum atomic E-state index is -0.844. The molecule has 2 aromatic carbocycles. The van der Waals surface area contributed by atoms with Gasteiger partial charge in [-0.1, -0.05) is 55.1 Å². The molecule has 4 heteroatoms. The van der Waals surface area contributed by atoms with Crippen LogP contribution in [-0.4, -0.2) is 11.1 Å². The number of para-hydroxylation sites is 1. The number of anilines is 2. The Bertz CT molecular complexity index is 723. The molecule has 0 amide bonds. The Morgan fingerprint density at radius 3 is 2.54 bits per heavy atom. The van der Waals surface area contributed by atoms with Crippen LogP contribution in [0.5, 0.6) is 0 Å². The number of nitrogens with one attached hydrogen (secondary N) is 1. The van der Waals surface area contributed by atoms with Gasteiger partial charge in [0.1, 0.15) is 0 Å². The zero-order chi connectivity index (χ0) is 16.9. The van der Waals surface area contributed by atoms with Gasteiger partial charge in [-0.2, -0.15) is 0 Å². The third kappa shape index (κ3) is 4.09. The predicted octanol–water partition coefficient (Wildman–Crippen LogP) is 5.76. The van der Waals surface area contributed by atoms with Crippen molar-refractivity contribution in [2.24, 2.45) is 0 Å². The highest BCUT2D eigenvalue weighted by molar-refractivity contribution is 6.33. The first kappa shape index (κ1) is 16.8. The average Bonchev–Trinajstić information content (AvgIpc) is 2.58. The van der Waals surface area contributed by atoms with Crippen molar-refractivity contribution in [2.75, 3.05) is 5.32 Å². The van der Waals surface area contributed by atoms with E-state index in [0.29, 0.717) is 10.9 Å². The minimum absolute atomic E-state index is 0.0129. The van der Waals surface area contributed by atoms with Crippen molar-refractivity contribution in [1.29, 1.82) is 0 Å². The lowest BCUT2D eigenvalue weighted by atomic mass is 9.84. The second-order valence-corrected chi connectivity index (χ2v) is 6.83. The number of hydrogen-bond donors (Lipinski definition) is 2. The molecule has 0 aliphatic heterocycles. The highest BCUT2D eigenvalue weighted by Gasteiger charge is 2.16. The SMILES string of the molecule is O=C(O)Cc1ccccc1Nc1ccc(C2CCCCC2)cc1Cl. The summed E-state index contributed by atoms with van der Waals surface area (Å²) in [5.41, 5.74) is 3.66. The summed E-state index contributed by atoms with van der Waals surface area (Å²) in [4.78, 5) is 11.0. The molecule has 1 saturated carbocycles. The summed E-state index contributed by atoms with van der Waals surface area (Å²) in [5, 5.41) is 13.0. The molecule has 0 atom stereocenters. The summed E-state index contributed by atoms with van der Waals surface area (Å²) in [6.45, 7) is 0. The van der Waals surface area contributed by atoms with Gasteiger partial charge in [0.05, 0.1) is 17.1 Å². The summed E-state index contributed by atoms with van der Waals surface area (Å²) in [6.07, 6.45) is 6.40. The van der Waals surface area contributed by atoms with Gasteiger partial charge in [0.25, 0.3) is 0 Å². The van der Waals surface area contributed by atoms with Crippen molar-refractivity contribution in [3.05, 3.63) is 58.6 Å². The first-order valence-corrected chi connectivity index (χ1v) is 8.87. The van der Waals surface area contributed by atoms with Gasteiger partial charge in [-0.3, -0.25) is 4.79 Å². The Hall–Kier alpha value is -2.00. The molecule has 3 nitrogen and oxygen atoms in total.